The van der Waals surface area contributed by atoms with Gasteiger partial charge in [-0.05, 0) is 47.9 Å². The third-order valence-electron chi connectivity index (χ3n) is 6.66. The fraction of sp³-hybridized carbons (Fsp3) is 0.241. The summed E-state index contributed by atoms with van der Waals surface area (Å²) in [6, 6.07) is 20.7. The second-order valence-electron chi connectivity index (χ2n) is 8.91. The average Bonchev–Trinajstić information content (AvgIpc) is 3.05. The Labute approximate surface area is 210 Å². The highest BCUT2D eigenvalue weighted by molar-refractivity contribution is 6.01. The maximum Gasteiger partial charge on any atom is 0.308 e. The fourth-order valence-corrected chi connectivity index (χ4v) is 5.07. The zero-order valence-electron chi connectivity index (χ0n) is 20.5. The number of methoxy groups -OCH3 is 2. The van der Waals surface area contributed by atoms with Crippen LogP contribution in [-0.4, -0.2) is 26.0 Å². The van der Waals surface area contributed by atoms with E-state index in [1.165, 1.54) is 14.0 Å². The first-order valence-electron chi connectivity index (χ1n) is 11.9. The number of carbonyl (C=O) groups is 2. The van der Waals surface area contributed by atoms with Crippen molar-refractivity contribution in [1.82, 2.24) is 0 Å². The lowest BCUT2D eigenvalue weighted by molar-refractivity contribution is -0.132. The Kier molecular flexibility index (Phi) is 6.38. The Morgan fingerprint density at radius 3 is 2.33 bits per heavy atom. The molecule has 0 saturated heterocycles. The third-order valence-corrected chi connectivity index (χ3v) is 6.66. The van der Waals surface area contributed by atoms with Crippen LogP contribution in [0.4, 0.5) is 11.4 Å². The molecule has 184 valence electrons. The largest absolute Gasteiger partial charge is 0.496 e. The first kappa shape index (κ1) is 23.5. The Bertz CT molecular complexity index is 1360. The van der Waals surface area contributed by atoms with Crippen LogP contribution in [0.1, 0.15) is 42.9 Å². The summed E-state index contributed by atoms with van der Waals surface area (Å²) in [6.45, 7) is 1.35. The summed E-state index contributed by atoms with van der Waals surface area (Å²) in [4.78, 5) is 25.3. The molecular formula is C29H28N2O5. The van der Waals surface area contributed by atoms with Crippen LogP contribution in [0.3, 0.4) is 0 Å². The molecule has 0 saturated carbocycles. The number of nitrogens with one attached hydrogen (secondary N) is 2. The molecule has 0 radical (unpaired) electrons. The van der Waals surface area contributed by atoms with Gasteiger partial charge in [-0.2, -0.15) is 0 Å². The molecule has 3 aromatic carbocycles. The molecule has 0 bridgehead atoms. The number of hydrogen-bond acceptors (Lipinski definition) is 7. The molecule has 2 unspecified atom stereocenters. The van der Waals surface area contributed by atoms with E-state index >= 15 is 0 Å². The van der Waals surface area contributed by atoms with Gasteiger partial charge < -0.3 is 24.8 Å². The zero-order valence-corrected chi connectivity index (χ0v) is 20.5. The van der Waals surface area contributed by atoms with Crippen molar-refractivity contribution in [2.45, 2.75) is 31.7 Å². The molecule has 0 fully saturated rings. The summed E-state index contributed by atoms with van der Waals surface area (Å²) in [6.07, 6.45) is 1.04. The van der Waals surface area contributed by atoms with E-state index in [9.17, 15) is 9.59 Å². The quantitative estimate of drug-likeness (QED) is 0.360. The molecular weight excluding hydrogens is 456 g/mol. The monoisotopic (exact) mass is 484 g/mol. The van der Waals surface area contributed by atoms with Crippen molar-refractivity contribution in [3.8, 4) is 17.2 Å². The highest BCUT2D eigenvalue weighted by atomic mass is 16.6. The maximum atomic E-state index is 13.8. The van der Waals surface area contributed by atoms with Crippen molar-refractivity contribution < 1.29 is 23.8 Å². The first-order valence-corrected chi connectivity index (χ1v) is 11.9. The number of Topliss-reactive ketones (excluding diaryl/α,β-unsaturated/α-hetero) is 1. The Morgan fingerprint density at radius 1 is 0.861 bits per heavy atom. The third kappa shape index (κ3) is 4.40. The molecule has 1 heterocycles. The van der Waals surface area contributed by atoms with Gasteiger partial charge in [-0.25, -0.2) is 0 Å². The maximum absolute atomic E-state index is 13.8. The van der Waals surface area contributed by atoms with Gasteiger partial charge >= 0.3 is 5.97 Å². The number of benzene rings is 3. The number of rotatable bonds is 5. The molecule has 0 amide bonds. The van der Waals surface area contributed by atoms with Crippen LogP contribution in [0, 0.1) is 0 Å². The summed E-state index contributed by atoms with van der Waals surface area (Å²) in [5, 5.41) is 7.11. The van der Waals surface area contributed by atoms with E-state index in [1.54, 1.807) is 13.2 Å². The van der Waals surface area contributed by atoms with Gasteiger partial charge in [0.2, 0.25) is 0 Å². The molecule has 3 aromatic rings. The number of anilines is 2. The Hall–Kier alpha value is -4.26. The number of ketones is 1. The number of hydrogen-bond donors (Lipinski definition) is 2. The predicted molar refractivity (Wildman–Crippen MR) is 138 cm³/mol. The second-order valence-corrected chi connectivity index (χ2v) is 8.91. The van der Waals surface area contributed by atoms with Crippen LogP contribution in [0.2, 0.25) is 0 Å². The number of allylic oxidation sites excluding steroid dienone is 1. The molecule has 2 N–H and O–H groups in total. The minimum Gasteiger partial charge on any atom is -0.496 e. The Morgan fingerprint density at radius 2 is 1.58 bits per heavy atom. The molecule has 0 spiro atoms. The first-order chi connectivity index (χ1) is 17.5. The normalized spacial score (nSPS) is 18.7. The van der Waals surface area contributed by atoms with Crippen LogP contribution in [-0.2, 0) is 9.59 Å². The fourth-order valence-electron chi connectivity index (χ4n) is 5.07. The van der Waals surface area contributed by atoms with Gasteiger partial charge in [0.1, 0.15) is 5.75 Å². The highest BCUT2D eigenvalue weighted by Crippen LogP contribution is 2.46. The number of carbonyl (C=O) groups excluding carboxylic acids is 2. The van der Waals surface area contributed by atoms with Crippen molar-refractivity contribution in [1.29, 1.82) is 0 Å². The van der Waals surface area contributed by atoms with Crippen LogP contribution in [0.5, 0.6) is 17.2 Å². The molecule has 1 aliphatic heterocycles. The van der Waals surface area contributed by atoms with Gasteiger partial charge in [-0.3, -0.25) is 9.59 Å². The Balaban J connectivity index is 1.60. The molecule has 7 nitrogen and oxygen atoms in total. The summed E-state index contributed by atoms with van der Waals surface area (Å²) < 4.78 is 16.4. The summed E-state index contributed by atoms with van der Waals surface area (Å²) >= 11 is 0. The highest BCUT2D eigenvalue weighted by Gasteiger charge is 2.37. The van der Waals surface area contributed by atoms with Crippen LogP contribution in [0.15, 0.2) is 78.0 Å². The van der Waals surface area contributed by atoms with E-state index in [-0.39, 0.29) is 11.7 Å². The lowest BCUT2D eigenvalue weighted by Crippen LogP contribution is -2.27. The molecule has 0 aromatic heterocycles. The molecule has 2 aliphatic rings. The smallest absolute Gasteiger partial charge is 0.308 e. The van der Waals surface area contributed by atoms with Gasteiger partial charge in [0.15, 0.2) is 17.3 Å². The van der Waals surface area contributed by atoms with Crippen LogP contribution >= 0.6 is 0 Å². The number of ether oxygens (including phenoxy) is 3. The van der Waals surface area contributed by atoms with Crippen molar-refractivity contribution in [3.63, 3.8) is 0 Å². The van der Waals surface area contributed by atoms with E-state index in [2.05, 4.69) is 10.6 Å². The lowest BCUT2D eigenvalue weighted by atomic mass is 9.78. The summed E-state index contributed by atoms with van der Waals surface area (Å²) in [5.41, 5.74) is 5.23. The minimum absolute atomic E-state index is 0.00769. The van der Waals surface area contributed by atoms with Gasteiger partial charge in [0.25, 0.3) is 0 Å². The number of para-hydroxylation sites is 3. The van der Waals surface area contributed by atoms with E-state index in [0.717, 1.165) is 33.9 Å². The van der Waals surface area contributed by atoms with Crippen molar-refractivity contribution >= 4 is 23.1 Å². The molecule has 36 heavy (non-hydrogen) atoms. The molecule has 5 rings (SSSR count). The number of esters is 1. The van der Waals surface area contributed by atoms with Crippen molar-refractivity contribution in [2.75, 3.05) is 24.9 Å². The van der Waals surface area contributed by atoms with Crippen LogP contribution in [0.25, 0.3) is 0 Å². The molecule has 1 aliphatic carbocycles. The minimum atomic E-state index is -0.429. The van der Waals surface area contributed by atoms with Crippen LogP contribution < -0.4 is 24.8 Å². The standard InChI is InChI=1S/C29H28N2O5/c1-17(32)36-26-13-12-18(16-27(26)35-3)29-28-23(30-21-9-5-6-10-22(21)31-29)14-19(15-24(28)33)20-8-4-7-11-25(20)34-2/h4-13,16,19,29-31H,14-15H2,1-3H3. The van der Waals surface area contributed by atoms with Gasteiger partial charge in [-0.1, -0.05) is 36.4 Å². The predicted octanol–water partition coefficient (Wildman–Crippen LogP) is 5.61. The summed E-state index contributed by atoms with van der Waals surface area (Å²) in [7, 11) is 3.18. The molecule has 7 heteroatoms. The topological polar surface area (TPSA) is 85.9 Å². The SMILES string of the molecule is COc1cc(C2Nc3ccccc3NC3=C2C(=O)CC(c2ccccc2OC)C3)ccc1OC(C)=O. The average molecular weight is 485 g/mol. The van der Waals surface area contributed by atoms with E-state index in [0.29, 0.717) is 29.9 Å². The van der Waals surface area contributed by atoms with Crippen molar-refractivity contribution in [3.05, 3.63) is 89.1 Å². The van der Waals surface area contributed by atoms with Gasteiger partial charge in [0, 0.05) is 30.5 Å². The van der Waals surface area contributed by atoms with Gasteiger partial charge in [0.05, 0.1) is 31.6 Å². The number of fused-ring (bicyclic) bond motifs is 1. The summed E-state index contributed by atoms with van der Waals surface area (Å²) in [5.74, 6) is 1.17. The van der Waals surface area contributed by atoms with E-state index in [1.807, 2.05) is 60.7 Å². The lowest BCUT2D eigenvalue weighted by Gasteiger charge is -2.30. The van der Waals surface area contributed by atoms with Gasteiger partial charge in [-0.15, -0.1) is 0 Å². The second kappa shape index (κ2) is 9.77. The zero-order chi connectivity index (χ0) is 25.2. The van der Waals surface area contributed by atoms with Crippen molar-refractivity contribution in [2.24, 2.45) is 0 Å². The molecule has 2 atom stereocenters. The van der Waals surface area contributed by atoms with E-state index < -0.39 is 12.0 Å². The van der Waals surface area contributed by atoms with E-state index in [4.69, 9.17) is 14.2 Å².